The van der Waals surface area contributed by atoms with Crippen LogP contribution >= 0.6 is 0 Å². The number of carbonyl (C=O) groups excluding carboxylic acids is 2. The van der Waals surface area contributed by atoms with Crippen LogP contribution in [0.1, 0.15) is 55.9 Å². The highest BCUT2D eigenvalue weighted by molar-refractivity contribution is 6.31. The van der Waals surface area contributed by atoms with Crippen molar-refractivity contribution in [2.75, 3.05) is 10.6 Å². The van der Waals surface area contributed by atoms with Gasteiger partial charge in [-0.1, -0.05) is 84.9 Å². The first kappa shape index (κ1) is 20.7. The second-order valence-electron chi connectivity index (χ2n) is 8.23. The van der Waals surface area contributed by atoms with Gasteiger partial charge in [0.2, 0.25) is 0 Å². The molecule has 0 aromatic heterocycles. The lowest BCUT2D eigenvalue weighted by Crippen LogP contribution is -2.24. The summed E-state index contributed by atoms with van der Waals surface area (Å²) in [6, 6.07) is 30.8. The van der Waals surface area contributed by atoms with E-state index in [0.717, 1.165) is 11.1 Å². The largest absolute Gasteiger partial charge is 0.380 e. The number of carbonyl (C=O) groups is 2. The van der Waals surface area contributed by atoms with E-state index in [1.54, 1.807) is 24.3 Å². The van der Waals surface area contributed by atoms with E-state index in [2.05, 4.69) is 10.6 Å². The van der Waals surface area contributed by atoms with E-state index in [1.807, 2.05) is 79.7 Å². The first-order valence-corrected chi connectivity index (χ1v) is 11.1. The smallest absolute Gasteiger partial charge is 0.196 e. The third-order valence-corrected chi connectivity index (χ3v) is 6.07. The summed E-state index contributed by atoms with van der Waals surface area (Å²) in [7, 11) is 0. The molecular formula is C29H24N2O2. The fourth-order valence-electron chi connectivity index (χ4n) is 4.34. The van der Waals surface area contributed by atoms with Crippen LogP contribution in [0.2, 0.25) is 0 Å². The summed E-state index contributed by atoms with van der Waals surface area (Å²) >= 11 is 0. The van der Waals surface area contributed by atoms with Gasteiger partial charge in [0.05, 0.1) is 11.1 Å². The SMILES string of the molecule is C[C@@H](Nc1ccc(NCc2ccccc2)c2c1C(=O)c1ccccc1C2=O)c1ccccc1. The molecular weight excluding hydrogens is 408 g/mol. The second-order valence-corrected chi connectivity index (χ2v) is 8.23. The number of ketones is 2. The molecule has 0 fully saturated rings. The zero-order chi connectivity index (χ0) is 22.8. The van der Waals surface area contributed by atoms with Crippen molar-refractivity contribution >= 4 is 22.9 Å². The van der Waals surface area contributed by atoms with Gasteiger partial charge in [0.1, 0.15) is 0 Å². The van der Waals surface area contributed by atoms with Gasteiger partial charge in [0.15, 0.2) is 11.6 Å². The van der Waals surface area contributed by atoms with Crippen LogP contribution in [0.25, 0.3) is 0 Å². The van der Waals surface area contributed by atoms with Crippen molar-refractivity contribution in [2.24, 2.45) is 0 Å². The average Bonchev–Trinajstić information content (AvgIpc) is 2.87. The molecule has 1 atom stereocenters. The van der Waals surface area contributed by atoms with Crippen LogP contribution in [0.15, 0.2) is 97.1 Å². The van der Waals surface area contributed by atoms with Crippen LogP contribution in [-0.2, 0) is 6.54 Å². The van der Waals surface area contributed by atoms with Crippen molar-refractivity contribution in [2.45, 2.75) is 19.5 Å². The number of anilines is 2. The van der Waals surface area contributed by atoms with Gasteiger partial charge in [0, 0.05) is 35.1 Å². The van der Waals surface area contributed by atoms with Gasteiger partial charge < -0.3 is 10.6 Å². The molecule has 1 aliphatic carbocycles. The Morgan fingerprint density at radius 3 is 1.79 bits per heavy atom. The number of benzene rings is 4. The monoisotopic (exact) mass is 432 g/mol. The first-order chi connectivity index (χ1) is 16.1. The quantitative estimate of drug-likeness (QED) is 0.333. The van der Waals surface area contributed by atoms with E-state index in [-0.39, 0.29) is 17.6 Å². The Balaban J connectivity index is 1.57. The summed E-state index contributed by atoms with van der Waals surface area (Å²) < 4.78 is 0. The Labute approximate surface area is 193 Å². The van der Waals surface area contributed by atoms with Crippen molar-refractivity contribution < 1.29 is 9.59 Å². The molecule has 0 bridgehead atoms. The maximum Gasteiger partial charge on any atom is 0.196 e. The number of hydrogen-bond acceptors (Lipinski definition) is 4. The number of rotatable bonds is 6. The van der Waals surface area contributed by atoms with E-state index < -0.39 is 0 Å². The molecule has 0 saturated carbocycles. The van der Waals surface area contributed by atoms with Gasteiger partial charge in [-0.2, -0.15) is 0 Å². The third-order valence-electron chi connectivity index (χ3n) is 6.07. The minimum atomic E-state index is -0.133. The fourth-order valence-corrected chi connectivity index (χ4v) is 4.34. The normalized spacial score (nSPS) is 13.1. The lowest BCUT2D eigenvalue weighted by molar-refractivity contribution is 0.0980. The summed E-state index contributed by atoms with van der Waals surface area (Å²) in [6.45, 7) is 2.61. The van der Waals surface area contributed by atoms with Crippen molar-refractivity contribution in [1.29, 1.82) is 0 Å². The Morgan fingerprint density at radius 1 is 0.636 bits per heavy atom. The maximum atomic E-state index is 13.6. The molecule has 4 heteroatoms. The highest BCUT2D eigenvalue weighted by atomic mass is 16.1. The third kappa shape index (κ3) is 3.92. The Bertz CT molecular complexity index is 1330. The number of hydrogen-bond donors (Lipinski definition) is 2. The van der Waals surface area contributed by atoms with Crippen molar-refractivity contribution in [1.82, 2.24) is 0 Å². The number of nitrogens with one attached hydrogen (secondary N) is 2. The summed E-state index contributed by atoms with van der Waals surface area (Å²) in [5.41, 5.74) is 5.30. The molecule has 33 heavy (non-hydrogen) atoms. The van der Waals surface area contributed by atoms with E-state index in [4.69, 9.17) is 0 Å². The molecule has 0 saturated heterocycles. The standard InChI is InChI=1S/C29H24N2O2/c1-19(21-12-6-3-7-13-21)31-25-17-16-24(30-18-20-10-4-2-5-11-20)26-27(25)29(33)23-15-9-8-14-22(23)28(26)32/h2-17,19,30-31H,18H2,1H3/t19-/m1/s1. The summed E-state index contributed by atoms with van der Waals surface area (Å²) in [4.78, 5) is 27.2. The van der Waals surface area contributed by atoms with Crippen LogP contribution < -0.4 is 10.6 Å². The Kier molecular flexibility index (Phi) is 5.49. The minimum absolute atomic E-state index is 0.0292. The highest BCUT2D eigenvalue weighted by Crippen LogP contribution is 2.37. The van der Waals surface area contributed by atoms with Gasteiger partial charge in [0.25, 0.3) is 0 Å². The molecule has 4 aromatic carbocycles. The molecule has 2 N–H and O–H groups in total. The average molecular weight is 433 g/mol. The molecule has 0 aliphatic heterocycles. The van der Waals surface area contributed by atoms with Gasteiger partial charge in [-0.25, -0.2) is 0 Å². The molecule has 4 nitrogen and oxygen atoms in total. The minimum Gasteiger partial charge on any atom is -0.380 e. The van der Waals surface area contributed by atoms with Gasteiger partial charge >= 0.3 is 0 Å². The van der Waals surface area contributed by atoms with Crippen LogP contribution in [0.4, 0.5) is 11.4 Å². The van der Waals surface area contributed by atoms with Crippen LogP contribution in [0, 0.1) is 0 Å². The fraction of sp³-hybridized carbons (Fsp3) is 0.103. The van der Waals surface area contributed by atoms with Gasteiger partial charge in [-0.3, -0.25) is 9.59 Å². The molecule has 0 amide bonds. The van der Waals surface area contributed by atoms with Crippen LogP contribution in [0.5, 0.6) is 0 Å². The van der Waals surface area contributed by atoms with Crippen molar-refractivity contribution in [3.63, 3.8) is 0 Å². The highest BCUT2D eigenvalue weighted by Gasteiger charge is 2.34. The van der Waals surface area contributed by atoms with Gasteiger partial charge in [-0.15, -0.1) is 0 Å². The Morgan fingerprint density at radius 2 is 1.15 bits per heavy atom. The molecule has 4 aromatic rings. The molecule has 0 spiro atoms. The van der Waals surface area contributed by atoms with E-state index in [1.165, 1.54) is 0 Å². The molecule has 0 heterocycles. The molecule has 0 unspecified atom stereocenters. The summed E-state index contributed by atoms with van der Waals surface area (Å²) in [5, 5.41) is 6.85. The zero-order valence-electron chi connectivity index (χ0n) is 18.3. The maximum absolute atomic E-state index is 13.6. The van der Waals surface area contributed by atoms with Crippen LogP contribution in [0.3, 0.4) is 0 Å². The molecule has 1 aliphatic rings. The van der Waals surface area contributed by atoms with Gasteiger partial charge in [-0.05, 0) is 30.2 Å². The number of fused-ring (bicyclic) bond motifs is 2. The first-order valence-electron chi connectivity index (χ1n) is 11.1. The van der Waals surface area contributed by atoms with E-state index in [9.17, 15) is 9.59 Å². The summed E-state index contributed by atoms with van der Waals surface area (Å²) in [5.74, 6) is -0.266. The van der Waals surface area contributed by atoms with Crippen molar-refractivity contribution in [3.8, 4) is 0 Å². The topological polar surface area (TPSA) is 58.2 Å². The predicted molar refractivity (Wildman–Crippen MR) is 132 cm³/mol. The predicted octanol–water partition coefficient (Wildman–Crippen LogP) is 6.25. The van der Waals surface area contributed by atoms with E-state index in [0.29, 0.717) is 40.2 Å². The second kappa shape index (κ2) is 8.75. The Hall–Kier alpha value is -4.18. The lowest BCUT2D eigenvalue weighted by atomic mass is 9.82. The molecule has 162 valence electrons. The zero-order valence-corrected chi connectivity index (χ0v) is 18.3. The van der Waals surface area contributed by atoms with Crippen molar-refractivity contribution in [3.05, 3.63) is 130 Å². The van der Waals surface area contributed by atoms with Crippen LogP contribution in [-0.4, -0.2) is 11.6 Å². The molecule has 5 rings (SSSR count). The van der Waals surface area contributed by atoms with E-state index >= 15 is 0 Å². The summed E-state index contributed by atoms with van der Waals surface area (Å²) in [6.07, 6.45) is 0. The lowest BCUT2D eigenvalue weighted by Gasteiger charge is -2.25. The molecule has 0 radical (unpaired) electrons.